The summed E-state index contributed by atoms with van der Waals surface area (Å²) in [4.78, 5) is 54.3. The van der Waals surface area contributed by atoms with Crippen LogP contribution in [0, 0.1) is 47.5 Å². The molecule has 63 heavy (non-hydrogen) atoms. The molecule has 0 aromatic carbocycles. The van der Waals surface area contributed by atoms with Gasteiger partial charge in [-0.05, 0) is 139 Å². The highest BCUT2D eigenvalue weighted by Gasteiger charge is 2.19. The Morgan fingerprint density at radius 2 is 1.30 bits per heavy atom. The van der Waals surface area contributed by atoms with E-state index in [1.165, 1.54) is 35.7 Å². The van der Waals surface area contributed by atoms with Gasteiger partial charge in [-0.3, -0.25) is 34.3 Å². The molecule has 1 amide bonds. The summed E-state index contributed by atoms with van der Waals surface area (Å²) in [6.45, 7) is 18.2. The fraction of sp³-hybridized carbons (Fsp3) is 0.304. The van der Waals surface area contributed by atoms with Crippen LogP contribution in [0.4, 0.5) is 0 Å². The number of aliphatic imine (C=N–C) groups is 1. The van der Waals surface area contributed by atoms with Crippen LogP contribution in [0.25, 0.3) is 0 Å². The molecule has 1 fully saturated rings. The largest absolute Gasteiger partial charge is 0.373 e. The molecule has 0 spiro atoms. The Morgan fingerprint density at radius 3 is 1.54 bits per heavy atom. The smallest absolute Gasteiger partial charge is 0.249 e. The lowest BCUT2D eigenvalue weighted by Crippen LogP contribution is -2.21. The second kappa shape index (κ2) is 34.8. The van der Waals surface area contributed by atoms with Crippen LogP contribution in [0.2, 0.25) is 0 Å². The van der Waals surface area contributed by atoms with Crippen molar-refractivity contribution in [1.29, 1.82) is 0 Å². The van der Waals surface area contributed by atoms with E-state index in [4.69, 9.17) is 4.74 Å². The summed E-state index contributed by atoms with van der Waals surface area (Å²) < 4.78 is 8.62. The highest BCUT2D eigenvalue weighted by molar-refractivity contribution is 7.99. The second-order valence-corrected chi connectivity index (χ2v) is 14.1. The van der Waals surface area contributed by atoms with E-state index in [-0.39, 0.29) is 29.4 Å². The Kier molecular flexibility index (Phi) is 29.9. The molecule has 1 N–H and O–H groups in total. The van der Waals surface area contributed by atoms with Gasteiger partial charge in [-0.2, -0.15) is 20.4 Å². The van der Waals surface area contributed by atoms with Crippen LogP contribution < -0.4 is 5.32 Å². The highest BCUT2D eigenvalue weighted by Crippen LogP contribution is 2.10. The number of pyridine rings is 3. The summed E-state index contributed by atoms with van der Waals surface area (Å²) in [5.41, 5.74) is 7.32. The second-order valence-electron chi connectivity index (χ2n) is 13.4. The van der Waals surface area contributed by atoms with Crippen LogP contribution in [-0.4, -0.2) is 99.8 Å². The molecule has 17 heteroatoms. The number of rotatable bonds is 0. The number of nitrogens with one attached hydrogen (secondary N) is 1. The van der Waals surface area contributed by atoms with E-state index in [1.807, 2.05) is 121 Å². The van der Waals surface area contributed by atoms with Gasteiger partial charge in [0.1, 0.15) is 19.0 Å². The Morgan fingerprint density at radius 1 is 0.619 bits per heavy atom. The summed E-state index contributed by atoms with van der Waals surface area (Å²) in [6.07, 6.45) is 18.7. The molecule has 2 unspecified atom stereocenters. The first-order valence-corrected chi connectivity index (χ1v) is 20.7. The van der Waals surface area contributed by atoms with E-state index in [1.54, 1.807) is 63.4 Å². The van der Waals surface area contributed by atoms with Crippen LogP contribution >= 0.6 is 11.9 Å². The maximum absolute atomic E-state index is 10.4. The third-order valence-corrected chi connectivity index (χ3v) is 8.28. The average Bonchev–Trinajstić information content (AvgIpc) is 3.99. The molecular formula is C46H58N12O4S. The van der Waals surface area contributed by atoms with Gasteiger partial charge in [0.2, 0.25) is 5.91 Å². The lowest BCUT2D eigenvalue weighted by Gasteiger charge is -1.88. The molecule has 6 aromatic rings. The van der Waals surface area contributed by atoms with Crippen LogP contribution in [0.1, 0.15) is 54.5 Å². The van der Waals surface area contributed by atoms with Crippen molar-refractivity contribution in [2.24, 2.45) is 15.3 Å². The normalized spacial score (nSPS) is 14.7. The van der Waals surface area contributed by atoms with Crippen LogP contribution in [0.3, 0.4) is 0 Å². The zero-order chi connectivity index (χ0) is 46.5. The molecule has 332 valence electrons. The molecule has 0 bridgehead atoms. The summed E-state index contributed by atoms with van der Waals surface area (Å²) in [5, 5.41) is 17.0. The molecule has 3 aliphatic rings. The van der Waals surface area contributed by atoms with Crippen molar-refractivity contribution < 1.29 is 19.1 Å². The summed E-state index contributed by atoms with van der Waals surface area (Å²) in [5.74, 6) is 1.09. The predicted octanol–water partition coefficient (Wildman–Crippen LogP) is 6.96. The molecule has 0 aliphatic carbocycles. The topological polar surface area (TPSA) is 213 Å². The van der Waals surface area contributed by atoms with Gasteiger partial charge in [0.25, 0.3) is 0 Å². The SMILES string of the molecule is CC1=NSCC1=O.CC1COCC1=O.CC1N=CNC1=O.Cc1ccccn1.Cc1cccnc1.Cc1cccnn1.Cc1ccncc1.Cc1ccncn1.Cc1ccnnc1. The molecule has 3 aliphatic heterocycles. The minimum atomic E-state index is -0.167. The fourth-order valence-electron chi connectivity index (χ4n) is 3.73. The number of ether oxygens (including phenoxy) is 1. The van der Waals surface area contributed by atoms with E-state index in [0.717, 1.165) is 22.6 Å². The fourth-order valence-corrected chi connectivity index (χ4v) is 4.42. The third-order valence-electron chi connectivity index (χ3n) is 7.48. The first-order valence-electron chi connectivity index (χ1n) is 19.7. The maximum Gasteiger partial charge on any atom is 0.249 e. The number of amides is 1. The number of nitrogens with zero attached hydrogens (tertiary/aromatic N) is 11. The number of carbonyl (C=O) groups excluding carboxylic acids is 3. The number of Topliss-reactive ketones (excluding diaryl/α,β-unsaturated/α-hetero) is 2. The summed E-state index contributed by atoms with van der Waals surface area (Å²) in [7, 11) is 0. The molecule has 1 saturated heterocycles. The van der Waals surface area contributed by atoms with Gasteiger partial charge in [0.15, 0.2) is 11.6 Å². The number of hydrogen-bond donors (Lipinski definition) is 1. The zero-order valence-electron chi connectivity index (χ0n) is 37.4. The van der Waals surface area contributed by atoms with Gasteiger partial charge >= 0.3 is 0 Å². The van der Waals surface area contributed by atoms with E-state index >= 15 is 0 Å². The van der Waals surface area contributed by atoms with Gasteiger partial charge in [-0.1, -0.05) is 19.1 Å². The van der Waals surface area contributed by atoms with Crippen molar-refractivity contribution in [3.63, 3.8) is 0 Å². The van der Waals surface area contributed by atoms with Gasteiger partial charge < -0.3 is 10.1 Å². The van der Waals surface area contributed by atoms with E-state index in [0.29, 0.717) is 24.7 Å². The van der Waals surface area contributed by atoms with E-state index in [2.05, 4.69) is 60.0 Å². The number of aryl methyl sites for hydroxylation is 6. The van der Waals surface area contributed by atoms with E-state index in [9.17, 15) is 14.4 Å². The lowest BCUT2D eigenvalue weighted by atomic mass is 10.1. The first-order chi connectivity index (χ1) is 30.3. The Hall–Kier alpha value is -6.85. The van der Waals surface area contributed by atoms with Crippen molar-refractivity contribution in [1.82, 2.24) is 50.6 Å². The minimum absolute atomic E-state index is 0.0139. The van der Waals surface area contributed by atoms with Crippen LogP contribution in [0.15, 0.2) is 138 Å². The average molecular weight is 875 g/mol. The molecular weight excluding hydrogens is 817 g/mol. The van der Waals surface area contributed by atoms with Crippen LogP contribution in [-0.2, 0) is 19.1 Å². The Labute approximate surface area is 375 Å². The maximum atomic E-state index is 10.4. The third kappa shape index (κ3) is 30.8. The van der Waals surface area contributed by atoms with Crippen molar-refractivity contribution >= 4 is 41.5 Å². The van der Waals surface area contributed by atoms with Crippen molar-refractivity contribution in [2.45, 2.75) is 68.4 Å². The van der Waals surface area contributed by atoms with Gasteiger partial charge in [-0.25, -0.2) is 14.4 Å². The molecule has 0 radical (unpaired) electrons. The molecule has 2 atom stereocenters. The number of aromatic nitrogens is 9. The van der Waals surface area contributed by atoms with Crippen molar-refractivity contribution in [3.8, 4) is 0 Å². The highest BCUT2D eigenvalue weighted by atomic mass is 32.2. The van der Waals surface area contributed by atoms with Gasteiger partial charge in [0.05, 0.1) is 36.3 Å². The number of hydrogen-bond acceptors (Lipinski definition) is 16. The molecule has 6 aromatic heterocycles. The molecule has 16 nitrogen and oxygen atoms in total. The Bertz CT molecular complexity index is 1850. The monoisotopic (exact) mass is 874 g/mol. The first kappa shape index (κ1) is 54.2. The summed E-state index contributed by atoms with van der Waals surface area (Å²) in [6, 6.07) is 21.1. The standard InChI is InChI=1S/3C6H7N.3C5H6N2.C5H8O2.C4H6N2O.C4H5NOS/c1-6-2-4-7-5-3-6;1-6-3-2-4-7-5-6;1-6-4-2-3-5-7-6;1-5-2-3-6-4-7-5;1-5-2-3-6-7-4-5;1-5-3-2-4-6-7-5;1-4-2-7-3-5(4)6;1-3-4(7)6-2-5-3;1-3-4(6)2-7-5-3/h3*2-5H,1H3;3*2-4H,1H3;4H,2-3H2,1H3;2-3H,1H3,(H,5,6,7);2H2,1H3. The molecule has 0 saturated carbocycles. The summed E-state index contributed by atoms with van der Waals surface area (Å²) >= 11 is 1.33. The van der Waals surface area contributed by atoms with Gasteiger partial charge in [0, 0.05) is 66.9 Å². The number of ketones is 2. The lowest BCUT2D eigenvalue weighted by molar-refractivity contribution is -0.120. The van der Waals surface area contributed by atoms with Crippen molar-refractivity contribution in [3.05, 3.63) is 163 Å². The zero-order valence-corrected chi connectivity index (χ0v) is 38.3. The van der Waals surface area contributed by atoms with Crippen LogP contribution in [0.5, 0.6) is 0 Å². The Balaban J connectivity index is 0.000000354. The number of carbonyl (C=O) groups is 3. The quantitative estimate of drug-likeness (QED) is 0.153. The van der Waals surface area contributed by atoms with Crippen molar-refractivity contribution in [2.75, 3.05) is 19.0 Å². The molecule has 9 heterocycles. The molecule has 9 rings (SSSR count). The van der Waals surface area contributed by atoms with Gasteiger partial charge in [-0.15, -0.1) is 0 Å². The predicted molar refractivity (Wildman–Crippen MR) is 249 cm³/mol. The minimum Gasteiger partial charge on any atom is -0.373 e. The van der Waals surface area contributed by atoms with E-state index < -0.39 is 0 Å².